The van der Waals surface area contributed by atoms with Gasteiger partial charge in [0.15, 0.2) is 5.84 Å². The van der Waals surface area contributed by atoms with Gasteiger partial charge < -0.3 is 21.0 Å². The summed E-state index contributed by atoms with van der Waals surface area (Å²) >= 11 is 0. The van der Waals surface area contributed by atoms with Crippen LogP contribution in [0.5, 0.6) is 0 Å². The lowest BCUT2D eigenvalue weighted by Crippen LogP contribution is -2.36. The fourth-order valence-electron chi connectivity index (χ4n) is 2.65. The summed E-state index contributed by atoms with van der Waals surface area (Å²) in [7, 11) is 1.70. The number of rotatable bonds is 5. The zero-order chi connectivity index (χ0) is 14.5. The summed E-state index contributed by atoms with van der Waals surface area (Å²) in [6, 6.07) is 5.11. The van der Waals surface area contributed by atoms with Gasteiger partial charge in [0.2, 0.25) is 0 Å². The van der Waals surface area contributed by atoms with Crippen molar-refractivity contribution < 1.29 is 14.3 Å². The number of oxime groups is 1. The summed E-state index contributed by atoms with van der Waals surface area (Å²) in [5.74, 6) is -0.678. The molecule has 0 spiro atoms. The van der Waals surface area contributed by atoms with Gasteiger partial charge in [-0.15, -0.1) is 0 Å². The number of halogens is 1. The van der Waals surface area contributed by atoms with Crippen molar-refractivity contribution in [3.63, 3.8) is 0 Å². The van der Waals surface area contributed by atoms with Crippen molar-refractivity contribution >= 4 is 5.84 Å². The third-order valence-corrected chi connectivity index (χ3v) is 3.77. The van der Waals surface area contributed by atoms with Crippen molar-refractivity contribution in [2.75, 3.05) is 7.11 Å². The molecular weight excluding hydrogens is 261 g/mol. The summed E-state index contributed by atoms with van der Waals surface area (Å²) in [5, 5.41) is 14.8. The summed E-state index contributed by atoms with van der Waals surface area (Å²) in [6.07, 6.45) is 3.36. The molecule has 5 nitrogen and oxygen atoms in total. The smallest absolute Gasteiger partial charge is 0.173 e. The van der Waals surface area contributed by atoms with E-state index in [1.807, 2.05) is 0 Å². The van der Waals surface area contributed by atoms with Crippen LogP contribution in [0.25, 0.3) is 0 Å². The molecule has 20 heavy (non-hydrogen) atoms. The Hall–Kier alpha value is -1.66. The van der Waals surface area contributed by atoms with Gasteiger partial charge in [0, 0.05) is 25.3 Å². The predicted molar refractivity (Wildman–Crippen MR) is 74.2 cm³/mol. The molecule has 1 aromatic rings. The molecule has 1 aliphatic rings. The van der Waals surface area contributed by atoms with E-state index in [0.717, 1.165) is 19.3 Å². The number of nitrogens with zero attached hydrogens (tertiary/aromatic N) is 1. The Bertz CT molecular complexity index is 493. The predicted octanol–water partition coefficient (Wildman–Crippen LogP) is 1.58. The number of ether oxygens (including phenoxy) is 1. The molecule has 1 saturated carbocycles. The molecule has 0 aromatic heterocycles. The monoisotopic (exact) mass is 281 g/mol. The lowest BCUT2D eigenvalue weighted by atomic mass is 10.1. The minimum atomic E-state index is -0.456. The Kier molecular flexibility index (Phi) is 4.92. The average Bonchev–Trinajstić information content (AvgIpc) is 2.93. The van der Waals surface area contributed by atoms with E-state index in [0.29, 0.717) is 12.1 Å². The first kappa shape index (κ1) is 14.7. The second kappa shape index (κ2) is 6.67. The molecule has 1 fully saturated rings. The highest BCUT2D eigenvalue weighted by Crippen LogP contribution is 2.22. The van der Waals surface area contributed by atoms with Crippen LogP contribution in [0.1, 0.15) is 30.4 Å². The van der Waals surface area contributed by atoms with E-state index < -0.39 is 5.82 Å². The van der Waals surface area contributed by atoms with Crippen molar-refractivity contribution in [3.05, 3.63) is 35.1 Å². The minimum absolute atomic E-state index is 0.113. The Labute approximate surface area is 117 Å². The SMILES string of the molecule is COC1CCCC1NCc1cccc(/C(N)=N/O)c1F. The van der Waals surface area contributed by atoms with Gasteiger partial charge in [-0.05, 0) is 25.3 Å². The summed E-state index contributed by atoms with van der Waals surface area (Å²) < 4.78 is 19.6. The van der Waals surface area contributed by atoms with Crippen LogP contribution in [0.15, 0.2) is 23.4 Å². The molecule has 0 aliphatic heterocycles. The van der Waals surface area contributed by atoms with Crippen LogP contribution >= 0.6 is 0 Å². The van der Waals surface area contributed by atoms with E-state index in [4.69, 9.17) is 15.7 Å². The lowest BCUT2D eigenvalue weighted by molar-refractivity contribution is 0.0846. The van der Waals surface area contributed by atoms with Crippen LogP contribution in [-0.4, -0.2) is 30.3 Å². The lowest BCUT2D eigenvalue weighted by Gasteiger charge is -2.20. The Morgan fingerprint density at radius 1 is 1.55 bits per heavy atom. The van der Waals surface area contributed by atoms with Crippen LogP contribution in [0.2, 0.25) is 0 Å². The van der Waals surface area contributed by atoms with Crippen molar-refractivity contribution in [2.24, 2.45) is 10.9 Å². The second-order valence-corrected chi connectivity index (χ2v) is 4.96. The maximum atomic E-state index is 14.2. The first-order chi connectivity index (χ1) is 9.67. The van der Waals surface area contributed by atoms with Gasteiger partial charge in [-0.3, -0.25) is 0 Å². The van der Waals surface area contributed by atoms with Crippen molar-refractivity contribution in [2.45, 2.75) is 38.0 Å². The average molecular weight is 281 g/mol. The number of nitrogens with two attached hydrogens (primary N) is 1. The van der Waals surface area contributed by atoms with E-state index >= 15 is 0 Å². The third kappa shape index (κ3) is 3.08. The van der Waals surface area contributed by atoms with E-state index in [9.17, 15) is 4.39 Å². The van der Waals surface area contributed by atoms with Gasteiger partial charge in [-0.2, -0.15) is 0 Å². The molecule has 2 rings (SSSR count). The summed E-state index contributed by atoms with van der Waals surface area (Å²) in [6.45, 7) is 0.392. The zero-order valence-electron chi connectivity index (χ0n) is 11.5. The maximum absolute atomic E-state index is 14.2. The molecule has 6 heteroatoms. The molecule has 110 valence electrons. The molecule has 0 amide bonds. The first-order valence-corrected chi connectivity index (χ1v) is 6.68. The highest BCUT2D eigenvalue weighted by molar-refractivity contribution is 5.97. The zero-order valence-corrected chi connectivity index (χ0v) is 11.5. The Morgan fingerprint density at radius 2 is 2.35 bits per heavy atom. The van der Waals surface area contributed by atoms with Crippen LogP contribution in [-0.2, 0) is 11.3 Å². The third-order valence-electron chi connectivity index (χ3n) is 3.77. The van der Waals surface area contributed by atoms with E-state index in [-0.39, 0.29) is 23.5 Å². The molecular formula is C14H20FN3O2. The standard InChI is InChI=1S/C14H20FN3O2/c1-20-12-7-3-6-11(12)17-8-9-4-2-5-10(13(9)15)14(16)18-19/h2,4-5,11-12,17,19H,3,6-8H2,1H3,(H2,16,18). The van der Waals surface area contributed by atoms with Gasteiger partial charge in [0.1, 0.15) is 5.82 Å². The first-order valence-electron chi connectivity index (χ1n) is 6.68. The van der Waals surface area contributed by atoms with Crippen LogP contribution in [0.4, 0.5) is 4.39 Å². The number of hydrogen-bond donors (Lipinski definition) is 3. The topological polar surface area (TPSA) is 79.9 Å². The van der Waals surface area contributed by atoms with Gasteiger partial charge in [0.05, 0.1) is 11.7 Å². The molecule has 0 radical (unpaired) electrons. The van der Waals surface area contributed by atoms with Gasteiger partial charge in [-0.25, -0.2) is 4.39 Å². The van der Waals surface area contributed by atoms with Gasteiger partial charge >= 0.3 is 0 Å². The Balaban J connectivity index is 2.06. The number of amidine groups is 1. The Morgan fingerprint density at radius 3 is 3.05 bits per heavy atom. The van der Waals surface area contributed by atoms with E-state index in [2.05, 4.69) is 10.5 Å². The van der Waals surface area contributed by atoms with Gasteiger partial charge in [0.25, 0.3) is 0 Å². The van der Waals surface area contributed by atoms with Crippen LogP contribution in [0.3, 0.4) is 0 Å². The molecule has 1 aliphatic carbocycles. The molecule has 2 atom stereocenters. The fourth-order valence-corrected chi connectivity index (χ4v) is 2.65. The maximum Gasteiger partial charge on any atom is 0.173 e. The van der Waals surface area contributed by atoms with Gasteiger partial charge in [-0.1, -0.05) is 17.3 Å². The molecule has 1 aromatic carbocycles. The molecule has 4 N–H and O–H groups in total. The number of nitrogens with one attached hydrogen (secondary N) is 1. The highest BCUT2D eigenvalue weighted by Gasteiger charge is 2.26. The van der Waals surface area contributed by atoms with E-state index in [1.165, 1.54) is 6.07 Å². The van der Waals surface area contributed by atoms with Crippen LogP contribution in [0, 0.1) is 5.82 Å². The number of methoxy groups -OCH3 is 1. The molecule has 0 saturated heterocycles. The normalized spacial score (nSPS) is 23.2. The number of benzene rings is 1. The quantitative estimate of drug-likeness (QED) is 0.331. The summed E-state index contributed by atoms with van der Waals surface area (Å²) in [4.78, 5) is 0. The largest absolute Gasteiger partial charge is 0.409 e. The highest BCUT2D eigenvalue weighted by atomic mass is 19.1. The van der Waals surface area contributed by atoms with Crippen molar-refractivity contribution in [1.29, 1.82) is 0 Å². The second-order valence-electron chi connectivity index (χ2n) is 4.96. The number of hydrogen-bond acceptors (Lipinski definition) is 4. The summed E-state index contributed by atoms with van der Waals surface area (Å²) in [5.41, 5.74) is 6.05. The molecule has 2 unspecified atom stereocenters. The van der Waals surface area contributed by atoms with Crippen LogP contribution < -0.4 is 11.1 Å². The van der Waals surface area contributed by atoms with Crippen molar-refractivity contribution in [1.82, 2.24) is 5.32 Å². The molecule has 0 bridgehead atoms. The minimum Gasteiger partial charge on any atom is -0.409 e. The van der Waals surface area contributed by atoms with Crippen molar-refractivity contribution in [3.8, 4) is 0 Å². The molecule has 0 heterocycles. The van der Waals surface area contributed by atoms with E-state index in [1.54, 1.807) is 19.2 Å². The fraction of sp³-hybridized carbons (Fsp3) is 0.500.